The first-order valence-corrected chi connectivity index (χ1v) is 5.87. The normalized spacial score (nSPS) is 19.6. The van der Waals surface area contributed by atoms with Crippen molar-refractivity contribution in [3.05, 3.63) is 29.8 Å². The maximum atomic E-state index is 5.63. The van der Waals surface area contributed by atoms with Crippen LogP contribution in [0.1, 0.15) is 5.56 Å². The van der Waals surface area contributed by atoms with Gasteiger partial charge in [-0.25, -0.2) is 4.99 Å². The number of hydrogen-bond acceptors (Lipinski definition) is 3. The molecule has 3 nitrogen and oxygen atoms in total. The van der Waals surface area contributed by atoms with Crippen LogP contribution in [0.4, 0.5) is 0 Å². The average Bonchev–Trinajstić information content (AvgIpc) is 2.78. The monoisotopic (exact) mass is 269 g/mol. The van der Waals surface area contributed by atoms with E-state index in [1.165, 1.54) is 0 Å². The predicted molar refractivity (Wildman–Crippen MR) is 63.1 cm³/mol. The van der Waals surface area contributed by atoms with Crippen LogP contribution in [0.2, 0.25) is 0 Å². The molecule has 1 aliphatic heterocycles. The van der Waals surface area contributed by atoms with E-state index >= 15 is 0 Å². The standard InChI is InChI=1S/C11H12BrNO2/c1-14-9-4-2-8(3-5-9)11-13-7-10(6-12)15-11/h2-5,10H,6-7H2,1H3. The molecule has 0 N–H and O–H groups in total. The smallest absolute Gasteiger partial charge is 0.216 e. The molecule has 0 radical (unpaired) electrons. The van der Waals surface area contributed by atoms with Crippen molar-refractivity contribution < 1.29 is 9.47 Å². The maximum absolute atomic E-state index is 5.63. The Bertz CT molecular complexity index is 361. The van der Waals surface area contributed by atoms with E-state index in [9.17, 15) is 0 Å². The molecule has 2 rings (SSSR count). The fourth-order valence-corrected chi connectivity index (χ4v) is 1.73. The third kappa shape index (κ3) is 2.31. The number of halogens is 1. The van der Waals surface area contributed by atoms with Crippen LogP contribution >= 0.6 is 15.9 Å². The zero-order valence-electron chi connectivity index (χ0n) is 8.44. The summed E-state index contributed by atoms with van der Waals surface area (Å²) in [4.78, 5) is 4.34. The first kappa shape index (κ1) is 10.5. The number of methoxy groups -OCH3 is 1. The van der Waals surface area contributed by atoms with Crippen molar-refractivity contribution in [3.8, 4) is 5.75 Å². The Morgan fingerprint density at radius 1 is 1.47 bits per heavy atom. The number of alkyl halides is 1. The lowest BCUT2D eigenvalue weighted by Gasteiger charge is -2.07. The summed E-state index contributed by atoms with van der Waals surface area (Å²) in [6.07, 6.45) is 0.169. The van der Waals surface area contributed by atoms with Crippen molar-refractivity contribution in [3.63, 3.8) is 0 Å². The number of benzene rings is 1. The molecule has 0 aliphatic carbocycles. The van der Waals surface area contributed by atoms with Gasteiger partial charge in [-0.05, 0) is 24.3 Å². The van der Waals surface area contributed by atoms with Crippen molar-refractivity contribution in [2.75, 3.05) is 19.0 Å². The highest BCUT2D eigenvalue weighted by Crippen LogP contribution is 2.17. The van der Waals surface area contributed by atoms with Gasteiger partial charge in [0.05, 0.1) is 13.7 Å². The van der Waals surface area contributed by atoms with Crippen LogP contribution in [0.25, 0.3) is 0 Å². The maximum Gasteiger partial charge on any atom is 0.216 e. The van der Waals surface area contributed by atoms with E-state index in [1.54, 1.807) is 7.11 Å². The largest absolute Gasteiger partial charge is 0.497 e. The lowest BCUT2D eigenvalue weighted by atomic mass is 10.2. The molecule has 0 bridgehead atoms. The van der Waals surface area contributed by atoms with Crippen LogP contribution in [0, 0.1) is 0 Å². The molecule has 1 aromatic rings. The molecule has 80 valence electrons. The Morgan fingerprint density at radius 2 is 2.20 bits per heavy atom. The van der Waals surface area contributed by atoms with E-state index in [2.05, 4.69) is 20.9 Å². The third-order valence-electron chi connectivity index (χ3n) is 2.23. The van der Waals surface area contributed by atoms with Crippen LogP contribution in [0.5, 0.6) is 5.75 Å². The Hall–Kier alpha value is -1.03. The van der Waals surface area contributed by atoms with Gasteiger partial charge in [0.25, 0.3) is 0 Å². The van der Waals surface area contributed by atoms with Crippen LogP contribution < -0.4 is 4.74 Å². The highest BCUT2D eigenvalue weighted by atomic mass is 79.9. The Labute approximate surface area is 97.2 Å². The lowest BCUT2D eigenvalue weighted by molar-refractivity contribution is 0.252. The van der Waals surface area contributed by atoms with Crippen molar-refractivity contribution >= 4 is 21.8 Å². The number of nitrogens with zero attached hydrogens (tertiary/aromatic N) is 1. The van der Waals surface area contributed by atoms with Gasteiger partial charge in [-0.3, -0.25) is 0 Å². The highest BCUT2D eigenvalue weighted by molar-refractivity contribution is 9.09. The number of ether oxygens (including phenoxy) is 2. The first-order chi connectivity index (χ1) is 7.33. The van der Waals surface area contributed by atoms with Gasteiger partial charge in [0.15, 0.2) is 0 Å². The highest BCUT2D eigenvalue weighted by Gasteiger charge is 2.19. The summed E-state index contributed by atoms with van der Waals surface area (Å²) in [6.45, 7) is 0.729. The van der Waals surface area contributed by atoms with Gasteiger partial charge in [0, 0.05) is 10.9 Å². The van der Waals surface area contributed by atoms with Crippen molar-refractivity contribution in [2.24, 2.45) is 4.99 Å². The summed E-state index contributed by atoms with van der Waals surface area (Å²) in [5.41, 5.74) is 0.999. The molecule has 0 fully saturated rings. The second-order valence-corrected chi connectivity index (χ2v) is 3.92. The Balaban J connectivity index is 2.10. The van der Waals surface area contributed by atoms with E-state index in [-0.39, 0.29) is 6.10 Å². The molecule has 4 heteroatoms. The summed E-state index contributed by atoms with van der Waals surface area (Å²) in [5.74, 6) is 1.57. The lowest BCUT2D eigenvalue weighted by Crippen LogP contribution is -2.14. The Kier molecular flexibility index (Phi) is 3.26. The van der Waals surface area contributed by atoms with E-state index < -0.39 is 0 Å². The molecule has 0 saturated heterocycles. The van der Waals surface area contributed by atoms with Gasteiger partial charge in [-0.2, -0.15) is 0 Å². The van der Waals surface area contributed by atoms with Gasteiger partial charge < -0.3 is 9.47 Å². The van der Waals surface area contributed by atoms with Crippen LogP contribution in [0.15, 0.2) is 29.3 Å². The molecular formula is C11H12BrNO2. The molecule has 0 amide bonds. The second kappa shape index (κ2) is 4.66. The minimum Gasteiger partial charge on any atom is -0.497 e. The van der Waals surface area contributed by atoms with Crippen LogP contribution in [-0.4, -0.2) is 31.0 Å². The molecular weight excluding hydrogens is 258 g/mol. The van der Waals surface area contributed by atoms with Crippen molar-refractivity contribution in [1.82, 2.24) is 0 Å². The zero-order chi connectivity index (χ0) is 10.7. The number of rotatable bonds is 3. The number of hydrogen-bond donors (Lipinski definition) is 0. The first-order valence-electron chi connectivity index (χ1n) is 4.75. The molecule has 1 unspecified atom stereocenters. The fourth-order valence-electron chi connectivity index (χ4n) is 1.39. The zero-order valence-corrected chi connectivity index (χ0v) is 10.0. The minimum absolute atomic E-state index is 0.169. The summed E-state index contributed by atoms with van der Waals surface area (Å²) in [6, 6.07) is 7.72. The molecule has 1 heterocycles. The summed E-state index contributed by atoms with van der Waals surface area (Å²) in [7, 11) is 1.65. The average molecular weight is 270 g/mol. The molecule has 1 atom stereocenters. The SMILES string of the molecule is COc1ccc(C2=NCC(CBr)O2)cc1. The molecule has 0 saturated carbocycles. The molecule has 1 aliphatic rings. The second-order valence-electron chi connectivity index (χ2n) is 3.27. The van der Waals surface area contributed by atoms with Gasteiger partial charge in [-0.15, -0.1) is 0 Å². The van der Waals surface area contributed by atoms with Crippen LogP contribution in [-0.2, 0) is 4.74 Å². The van der Waals surface area contributed by atoms with E-state index in [1.807, 2.05) is 24.3 Å². The minimum atomic E-state index is 0.169. The van der Waals surface area contributed by atoms with Crippen LogP contribution in [0.3, 0.4) is 0 Å². The molecule has 1 aromatic carbocycles. The molecule has 15 heavy (non-hydrogen) atoms. The number of aliphatic imine (C=N–C) groups is 1. The summed E-state index contributed by atoms with van der Waals surface area (Å²) >= 11 is 3.38. The topological polar surface area (TPSA) is 30.8 Å². The summed E-state index contributed by atoms with van der Waals surface area (Å²) < 4.78 is 10.7. The molecule has 0 aromatic heterocycles. The van der Waals surface area contributed by atoms with E-state index in [0.717, 1.165) is 29.1 Å². The van der Waals surface area contributed by atoms with Gasteiger partial charge in [0.2, 0.25) is 5.90 Å². The van der Waals surface area contributed by atoms with Gasteiger partial charge in [0.1, 0.15) is 11.9 Å². The molecule has 0 spiro atoms. The van der Waals surface area contributed by atoms with E-state index in [4.69, 9.17) is 9.47 Å². The summed E-state index contributed by atoms with van der Waals surface area (Å²) in [5, 5.41) is 0.816. The van der Waals surface area contributed by atoms with Gasteiger partial charge >= 0.3 is 0 Å². The Morgan fingerprint density at radius 3 is 2.73 bits per heavy atom. The van der Waals surface area contributed by atoms with E-state index in [0.29, 0.717) is 0 Å². The van der Waals surface area contributed by atoms with Crippen molar-refractivity contribution in [1.29, 1.82) is 0 Å². The predicted octanol–water partition coefficient (Wildman–Crippen LogP) is 2.24. The van der Waals surface area contributed by atoms with Gasteiger partial charge in [-0.1, -0.05) is 15.9 Å². The quantitative estimate of drug-likeness (QED) is 0.788. The van der Waals surface area contributed by atoms with Crippen molar-refractivity contribution in [2.45, 2.75) is 6.10 Å². The third-order valence-corrected chi connectivity index (χ3v) is 2.95. The fraction of sp³-hybridized carbons (Fsp3) is 0.364.